The van der Waals surface area contributed by atoms with Gasteiger partial charge < -0.3 is 20.4 Å². The van der Waals surface area contributed by atoms with E-state index in [1.54, 1.807) is 7.11 Å². The van der Waals surface area contributed by atoms with Gasteiger partial charge in [-0.15, -0.1) is 0 Å². The molecule has 0 spiro atoms. The summed E-state index contributed by atoms with van der Waals surface area (Å²) in [7, 11) is 3.59. The number of benzene rings is 1. The molecule has 3 N–H and O–H groups in total. The van der Waals surface area contributed by atoms with E-state index in [1.165, 1.54) is 25.7 Å². The van der Waals surface area contributed by atoms with Gasteiger partial charge in [0.05, 0.1) is 18.4 Å². The average molecular weight is 370 g/mol. The van der Waals surface area contributed by atoms with E-state index in [-0.39, 0.29) is 0 Å². The highest BCUT2D eigenvalue weighted by Crippen LogP contribution is 2.40. The second-order valence-corrected chi connectivity index (χ2v) is 7.34. The number of hydrogen-bond acceptors (Lipinski definition) is 3. The molecular weight excluding hydrogens is 338 g/mol. The quantitative estimate of drug-likeness (QED) is 0.493. The zero-order valence-corrected chi connectivity index (χ0v) is 16.4. The Kier molecular flexibility index (Phi) is 6.87. The fraction of sp³-hybridized carbons (Fsp3) is 0.524. The Morgan fingerprint density at radius 3 is 2.70 bits per heavy atom. The first kappa shape index (κ1) is 19.4. The van der Waals surface area contributed by atoms with Crippen LogP contribution in [0.15, 0.2) is 41.5 Å². The normalized spacial score (nSPS) is 16.4. The molecular formula is C21H31N5O. The first-order valence-electron chi connectivity index (χ1n) is 9.77. The summed E-state index contributed by atoms with van der Waals surface area (Å²) in [5.41, 5.74) is 2.50. The Morgan fingerprint density at radius 1 is 1.22 bits per heavy atom. The average Bonchev–Trinajstić information content (AvgIpc) is 3.37. The number of rotatable bonds is 8. The molecule has 2 aromatic rings. The van der Waals surface area contributed by atoms with Gasteiger partial charge in [-0.2, -0.15) is 0 Å². The molecule has 1 heterocycles. The molecule has 0 amide bonds. The van der Waals surface area contributed by atoms with Crippen molar-refractivity contribution in [3.05, 3.63) is 42.4 Å². The van der Waals surface area contributed by atoms with Gasteiger partial charge in [-0.1, -0.05) is 43.2 Å². The maximum atomic E-state index is 5.32. The van der Waals surface area contributed by atoms with E-state index in [4.69, 9.17) is 4.74 Å². The van der Waals surface area contributed by atoms with Crippen LogP contribution < -0.4 is 10.6 Å². The van der Waals surface area contributed by atoms with Crippen molar-refractivity contribution in [1.29, 1.82) is 0 Å². The zero-order chi connectivity index (χ0) is 19.0. The lowest BCUT2D eigenvalue weighted by molar-refractivity contribution is 0.138. The highest BCUT2D eigenvalue weighted by molar-refractivity contribution is 5.79. The maximum Gasteiger partial charge on any atom is 0.191 e. The van der Waals surface area contributed by atoms with Crippen LogP contribution >= 0.6 is 0 Å². The lowest BCUT2D eigenvalue weighted by Crippen LogP contribution is -2.43. The summed E-state index contributed by atoms with van der Waals surface area (Å²) >= 11 is 0. The van der Waals surface area contributed by atoms with E-state index in [9.17, 15) is 0 Å². The molecule has 146 valence electrons. The number of imidazole rings is 1. The van der Waals surface area contributed by atoms with Crippen LogP contribution in [0.3, 0.4) is 0 Å². The van der Waals surface area contributed by atoms with E-state index < -0.39 is 0 Å². The van der Waals surface area contributed by atoms with E-state index in [0.29, 0.717) is 12.0 Å². The van der Waals surface area contributed by atoms with Crippen molar-refractivity contribution in [2.75, 3.05) is 27.3 Å². The van der Waals surface area contributed by atoms with Crippen molar-refractivity contribution >= 4 is 5.96 Å². The molecule has 1 aliphatic rings. The van der Waals surface area contributed by atoms with Crippen LogP contribution in [-0.4, -0.2) is 43.2 Å². The Balaban J connectivity index is 1.51. The molecule has 6 heteroatoms. The lowest BCUT2D eigenvalue weighted by atomic mass is 9.83. The second-order valence-electron chi connectivity index (χ2n) is 7.34. The predicted molar refractivity (Wildman–Crippen MR) is 110 cm³/mol. The van der Waals surface area contributed by atoms with Gasteiger partial charge in [0.1, 0.15) is 5.82 Å². The van der Waals surface area contributed by atoms with Crippen molar-refractivity contribution in [2.24, 2.45) is 10.4 Å². The van der Waals surface area contributed by atoms with Crippen molar-refractivity contribution < 1.29 is 4.74 Å². The molecule has 6 nitrogen and oxygen atoms in total. The van der Waals surface area contributed by atoms with Gasteiger partial charge in [0.2, 0.25) is 0 Å². The van der Waals surface area contributed by atoms with Crippen LogP contribution in [0.2, 0.25) is 0 Å². The van der Waals surface area contributed by atoms with Gasteiger partial charge in [0.25, 0.3) is 0 Å². The summed E-state index contributed by atoms with van der Waals surface area (Å²) in [6, 6.07) is 10.2. The summed E-state index contributed by atoms with van der Waals surface area (Å²) in [5.74, 6) is 1.71. The van der Waals surface area contributed by atoms with Gasteiger partial charge in [-0.05, 0) is 30.2 Å². The largest absolute Gasteiger partial charge is 0.385 e. The first-order valence-corrected chi connectivity index (χ1v) is 9.77. The number of aromatic amines is 1. The molecule has 27 heavy (non-hydrogen) atoms. The number of aliphatic imine (C=N–C) groups is 1. The molecule has 1 aromatic heterocycles. The number of aromatic nitrogens is 2. The molecule has 1 aliphatic carbocycles. The summed E-state index contributed by atoms with van der Waals surface area (Å²) in [6.45, 7) is 2.36. The molecule has 0 radical (unpaired) electrons. The molecule has 0 atom stereocenters. The minimum Gasteiger partial charge on any atom is -0.385 e. The van der Waals surface area contributed by atoms with E-state index in [1.807, 2.05) is 31.4 Å². The molecule has 0 bridgehead atoms. The van der Waals surface area contributed by atoms with Gasteiger partial charge in [0.15, 0.2) is 5.96 Å². The molecule has 1 fully saturated rings. The zero-order valence-electron chi connectivity index (χ0n) is 16.4. The number of guanidine groups is 1. The third-order valence-electron chi connectivity index (χ3n) is 5.49. The highest BCUT2D eigenvalue weighted by Gasteiger charge is 2.33. The van der Waals surface area contributed by atoms with Gasteiger partial charge in [-0.3, -0.25) is 4.99 Å². The smallest absolute Gasteiger partial charge is 0.191 e. The fourth-order valence-electron chi connectivity index (χ4n) is 3.83. The van der Waals surface area contributed by atoms with Crippen molar-refractivity contribution in [3.8, 4) is 11.3 Å². The van der Waals surface area contributed by atoms with E-state index in [0.717, 1.165) is 42.6 Å². The fourth-order valence-corrected chi connectivity index (χ4v) is 3.83. The van der Waals surface area contributed by atoms with Gasteiger partial charge in [0, 0.05) is 27.3 Å². The van der Waals surface area contributed by atoms with Crippen LogP contribution in [0.4, 0.5) is 0 Å². The summed E-state index contributed by atoms with van der Waals surface area (Å²) < 4.78 is 5.32. The third-order valence-corrected chi connectivity index (χ3v) is 5.49. The summed E-state index contributed by atoms with van der Waals surface area (Å²) in [5, 5.41) is 6.87. The van der Waals surface area contributed by atoms with Crippen LogP contribution in [0.1, 0.15) is 37.9 Å². The first-order chi connectivity index (χ1) is 13.2. The Labute approximate surface area is 161 Å². The number of methoxy groups -OCH3 is 1. The Bertz CT molecular complexity index is 719. The van der Waals surface area contributed by atoms with Crippen molar-refractivity contribution in [2.45, 2.75) is 38.6 Å². The molecule has 0 aliphatic heterocycles. The number of H-pyrrole nitrogens is 1. The van der Waals surface area contributed by atoms with Gasteiger partial charge >= 0.3 is 0 Å². The number of ether oxygens (including phenoxy) is 1. The number of hydrogen-bond donors (Lipinski definition) is 3. The van der Waals surface area contributed by atoms with Crippen LogP contribution in [0.5, 0.6) is 0 Å². The Hall–Kier alpha value is -2.34. The minimum absolute atomic E-state index is 0.332. The monoisotopic (exact) mass is 369 g/mol. The number of nitrogens with zero attached hydrogens (tertiary/aromatic N) is 2. The Morgan fingerprint density at radius 2 is 2.00 bits per heavy atom. The minimum atomic E-state index is 0.332. The van der Waals surface area contributed by atoms with Crippen LogP contribution in [-0.2, 0) is 11.3 Å². The van der Waals surface area contributed by atoms with Gasteiger partial charge in [-0.25, -0.2) is 4.98 Å². The number of nitrogens with one attached hydrogen (secondary N) is 3. The maximum absolute atomic E-state index is 5.32. The second kappa shape index (κ2) is 9.55. The topological polar surface area (TPSA) is 74.3 Å². The molecule has 1 aromatic carbocycles. The lowest BCUT2D eigenvalue weighted by Gasteiger charge is -2.29. The predicted octanol–water partition coefficient (Wildman–Crippen LogP) is 3.34. The molecule has 0 saturated heterocycles. The highest BCUT2D eigenvalue weighted by atomic mass is 16.5. The van der Waals surface area contributed by atoms with Crippen molar-refractivity contribution in [1.82, 2.24) is 20.6 Å². The van der Waals surface area contributed by atoms with Crippen LogP contribution in [0.25, 0.3) is 11.3 Å². The molecule has 0 unspecified atom stereocenters. The standard InChI is InChI=1S/C21H31N5O/c1-22-20(25-16-21(12-13-27-2)10-6-7-11-21)24-15-19-23-14-18(26-19)17-8-4-3-5-9-17/h3-5,8-9,14H,6-7,10-13,15-16H2,1-2H3,(H,23,26)(H2,22,24,25). The SMILES string of the molecule is CN=C(NCc1ncc(-c2ccccc2)[nH]1)NCC1(CCOC)CCCC1. The van der Waals surface area contributed by atoms with Crippen molar-refractivity contribution in [3.63, 3.8) is 0 Å². The summed E-state index contributed by atoms with van der Waals surface area (Å²) in [4.78, 5) is 12.2. The van der Waals surface area contributed by atoms with Crippen LogP contribution in [0, 0.1) is 5.41 Å². The molecule has 3 rings (SSSR count). The van der Waals surface area contributed by atoms with E-state index in [2.05, 4.69) is 37.7 Å². The molecule has 1 saturated carbocycles. The van der Waals surface area contributed by atoms with E-state index >= 15 is 0 Å². The third kappa shape index (κ3) is 5.32. The summed E-state index contributed by atoms with van der Waals surface area (Å²) in [6.07, 6.45) is 8.13.